The minimum atomic E-state index is -3.66. The maximum Gasteiger partial charge on any atom is 0.263 e. The summed E-state index contributed by atoms with van der Waals surface area (Å²) >= 11 is 0. The lowest BCUT2D eigenvalue weighted by Crippen LogP contribution is -2.14. The molecule has 0 saturated heterocycles. The molecule has 3 nitrogen and oxygen atoms in total. The van der Waals surface area contributed by atoms with E-state index < -0.39 is 22.2 Å². The average Bonchev–Trinajstić information content (AvgIpc) is 2.01. The highest BCUT2D eigenvalue weighted by molar-refractivity contribution is 7.88. The Balaban J connectivity index is 2.95. The van der Waals surface area contributed by atoms with Gasteiger partial charge in [0.25, 0.3) is 6.43 Å². The fraction of sp³-hybridized carbons (Fsp3) is 0.250. The summed E-state index contributed by atoms with van der Waals surface area (Å²) in [5.41, 5.74) is 0.0662. The monoisotopic (exact) mass is 221 g/mol. The lowest BCUT2D eigenvalue weighted by atomic mass is 10.1. The Kier molecular flexibility index (Phi) is 3.17. The van der Waals surface area contributed by atoms with Crippen LogP contribution in [0.5, 0.6) is 0 Å². The predicted octanol–water partition coefficient (Wildman–Crippen LogP) is 1.41. The lowest BCUT2D eigenvalue weighted by Gasteiger charge is -2.02. The van der Waals surface area contributed by atoms with Crippen molar-refractivity contribution in [2.24, 2.45) is 5.14 Å². The van der Waals surface area contributed by atoms with E-state index in [0.29, 0.717) is 0 Å². The largest absolute Gasteiger partial charge is 0.263 e. The van der Waals surface area contributed by atoms with Gasteiger partial charge in [-0.15, -0.1) is 0 Å². The molecule has 1 aromatic rings. The third-order valence-electron chi connectivity index (χ3n) is 1.57. The van der Waals surface area contributed by atoms with E-state index >= 15 is 0 Å². The maximum absolute atomic E-state index is 12.2. The SMILES string of the molecule is NS(=O)(=O)Cc1cccc(C(F)F)c1. The highest BCUT2D eigenvalue weighted by atomic mass is 32.2. The van der Waals surface area contributed by atoms with Gasteiger partial charge in [-0.25, -0.2) is 22.3 Å². The van der Waals surface area contributed by atoms with Crippen molar-refractivity contribution < 1.29 is 17.2 Å². The normalized spacial score (nSPS) is 12.0. The first-order valence-corrected chi connectivity index (χ1v) is 5.47. The van der Waals surface area contributed by atoms with Gasteiger partial charge in [-0.3, -0.25) is 0 Å². The number of benzene rings is 1. The van der Waals surface area contributed by atoms with E-state index in [9.17, 15) is 17.2 Å². The molecule has 14 heavy (non-hydrogen) atoms. The second kappa shape index (κ2) is 4.02. The van der Waals surface area contributed by atoms with Crippen molar-refractivity contribution in [1.29, 1.82) is 0 Å². The molecule has 0 aromatic heterocycles. The van der Waals surface area contributed by atoms with E-state index in [4.69, 9.17) is 5.14 Å². The van der Waals surface area contributed by atoms with Gasteiger partial charge in [0.1, 0.15) is 0 Å². The van der Waals surface area contributed by atoms with Gasteiger partial charge in [0, 0.05) is 5.56 Å². The van der Waals surface area contributed by atoms with Crippen LogP contribution in [-0.2, 0) is 15.8 Å². The Morgan fingerprint density at radius 1 is 1.36 bits per heavy atom. The third kappa shape index (κ3) is 3.39. The van der Waals surface area contributed by atoms with Gasteiger partial charge >= 0.3 is 0 Å². The van der Waals surface area contributed by atoms with Crippen LogP contribution in [0.15, 0.2) is 24.3 Å². The molecule has 78 valence electrons. The molecule has 0 fully saturated rings. The summed E-state index contributed by atoms with van der Waals surface area (Å²) in [6.07, 6.45) is -2.60. The van der Waals surface area contributed by atoms with Crippen molar-refractivity contribution in [3.05, 3.63) is 35.4 Å². The Bertz CT molecular complexity index is 417. The fourth-order valence-electron chi connectivity index (χ4n) is 1.05. The number of hydrogen-bond acceptors (Lipinski definition) is 2. The summed E-state index contributed by atoms with van der Waals surface area (Å²) in [6, 6.07) is 5.19. The van der Waals surface area contributed by atoms with Gasteiger partial charge in [0.2, 0.25) is 10.0 Å². The molecule has 1 aromatic carbocycles. The van der Waals surface area contributed by atoms with Gasteiger partial charge < -0.3 is 0 Å². The van der Waals surface area contributed by atoms with Crippen LogP contribution in [0.25, 0.3) is 0 Å². The molecule has 0 aliphatic heterocycles. The molecule has 0 saturated carbocycles. The van der Waals surface area contributed by atoms with Crippen molar-refractivity contribution in [3.8, 4) is 0 Å². The molecular weight excluding hydrogens is 212 g/mol. The number of primary sulfonamides is 1. The van der Waals surface area contributed by atoms with Crippen LogP contribution >= 0.6 is 0 Å². The molecule has 0 bridgehead atoms. The first kappa shape index (κ1) is 11.1. The summed E-state index contributed by atoms with van der Waals surface area (Å²) in [5, 5.41) is 4.78. The number of rotatable bonds is 3. The quantitative estimate of drug-likeness (QED) is 0.838. The number of nitrogens with two attached hydrogens (primary N) is 1. The Morgan fingerprint density at radius 3 is 2.50 bits per heavy atom. The van der Waals surface area contributed by atoms with E-state index in [1.807, 2.05) is 0 Å². The van der Waals surface area contributed by atoms with Crippen molar-refractivity contribution in [3.63, 3.8) is 0 Å². The number of halogens is 2. The first-order valence-electron chi connectivity index (χ1n) is 3.76. The molecule has 1 rings (SSSR count). The third-order valence-corrected chi connectivity index (χ3v) is 2.31. The second-order valence-electron chi connectivity index (χ2n) is 2.85. The zero-order valence-electron chi connectivity index (χ0n) is 7.15. The van der Waals surface area contributed by atoms with Gasteiger partial charge in [-0.05, 0) is 11.6 Å². The van der Waals surface area contributed by atoms with Crippen molar-refractivity contribution >= 4 is 10.0 Å². The highest BCUT2D eigenvalue weighted by Gasteiger charge is 2.09. The van der Waals surface area contributed by atoms with Crippen LogP contribution in [0, 0.1) is 0 Å². The van der Waals surface area contributed by atoms with Gasteiger partial charge in [0.15, 0.2) is 0 Å². The van der Waals surface area contributed by atoms with Crippen LogP contribution < -0.4 is 5.14 Å². The molecular formula is C8H9F2NO2S. The Hall–Kier alpha value is -1.01. The van der Waals surface area contributed by atoms with Crippen LogP contribution in [0.1, 0.15) is 17.6 Å². The second-order valence-corrected chi connectivity index (χ2v) is 4.47. The first-order chi connectivity index (χ1) is 6.38. The molecule has 6 heteroatoms. The van der Waals surface area contributed by atoms with Gasteiger partial charge in [-0.1, -0.05) is 18.2 Å². The summed E-state index contributed by atoms with van der Waals surface area (Å²) in [6.45, 7) is 0. The van der Waals surface area contributed by atoms with E-state index in [1.54, 1.807) is 0 Å². The lowest BCUT2D eigenvalue weighted by molar-refractivity contribution is 0.151. The fourth-order valence-corrected chi connectivity index (χ4v) is 1.70. The zero-order valence-corrected chi connectivity index (χ0v) is 7.97. The van der Waals surface area contributed by atoms with E-state index in [1.165, 1.54) is 18.2 Å². The summed E-state index contributed by atoms with van der Waals surface area (Å²) in [5.74, 6) is -0.423. The molecule has 2 N–H and O–H groups in total. The van der Waals surface area contributed by atoms with Crippen molar-refractivity contribution in [2.75, 3.05) is 0 Å². The minimum Gasteiger partial charge on any atom is -0.228 e. The average molecular weight is 221 g/mol. The minimum absolute atomic E-state index is 0.203. The molecule has 0 radical (unpaired) electrons. The van der Waals surface area contributed by atoms with Crippen LogP contribution in [0.2, 0.25) is 0 Å². The zero-order chi connectivity index (χ0) is 10.8. The molecule has 0 heterocycles. The molecule has 0 amide bonds. The molecule has 0 aliphatic rings. The Morgan fingerprint density at radius 2 is 2.00 bits per heavy atom. The standard InChI is InChI=1S/C8H9F2NO2S/c9-8(10)7-3-1-2-6(4-7)5-14(11,12)13/h1-4,8H,5H2,(H2,11,12,13). The highest BCUT2D eigenvalue weighted by Crippen LogP contribution is 2.19. The summed E-state index contributed by atoms with van der Waals surface area (Å²) in [7, 11) is -3.66. The van der Waals surface area contributed by atoms with Crippen LogP contribution in [-0.4, -0.2) is 8.42 Å². The van der Waals surface area contributed by atoms with Crippen LogP contribution in [0.4, 0.5) is 8.78 Å². The Labute approximate surface area is 80.6 Å². The van der Waals surface area contributed by atoms with Crippen molar-refractivity contribution in [1.82, 2.24) is 0 Å². The topological polar surface area (TPSA) is 60.2 Å². The number of hydrogen-bond donors (Lipinski definition) is 1. The molecule has 0 unspecified atom stereocenters. The summed E-state index contributed by atoms with van der Waals surface area (Å²) < 4.78 is 45.7. The predicted molar refractivity (Wildman–Crippen MR) is 48.2 cm³/mol. The van der Waals surface area contributed by atoms with Gasteiger partial charge in [0.05, 0.1) is 5.75 Å². The maximum atomic E-state index is 12.2. The van der Waals surface area contributed by atoms with E-state index in [2.05, 4.69) is 0 Å². The number of alkyl halides is 2. The van der Waals surface area contributed by atoms with E-state index in [-0.39, 0.29) is 11.1 Å². The molecule has 0 spiro atoms. The van der Waals surface area contributed by atoms with Crippen molar-refractivity contribution in [2.45, 2.75) is 12.2 Å². The van der Waals surface area contributed by atoms with E-state index in [0.717, 1.165) is 6.07 Å². The molecule has 0 atom stereocenters. The summed E-state index contributed by atoms with van der Waals surface area (Å²) in [4.78, 5) is 0. The van der Waals surface area contributed by atoms with Gasteiger partial charge in [-0.2, -0.15) is 0 Å². The van der Waals surface area contributed by atoms with Crippen LogP contribution in [0.3, 0.4) is 0 Å². The number of sulfonamides is 1. The smallest absolute Gasteiger partial charge is 0.228 e. The molecule has 0 aliphatic carbocycles.